The largest absolute Gasteiger partial charge is 0.487 e. The summed E-state index contributed by atoms with van der Waals surface area (Å²) >= 11 is 0. The molecule has 1 aromatic carbocycles. The molecule has 0 atom stereocenters. The molecule has 0 amide bonds. The van der Waals surface area contributed by atoms with E-state index in [1.807, 2.05) is 32.0 Å². The summed E-state index contributed by atoms with van der Waals surface area (Å²) < 4.78 is 12.2. The minimum Gasteiger partial charge on any atom is -0.487 e. The highest BCUT2D eigenvalue weighted by Crippen LogP contribution is 2.21. The summed E-state index contributed by atoms with van der Waals surface area (Å²) in [6.07, 6.45) is 0. The Morgan fingerprint density at radius 1 is 1.24 bits per heavy atom. The first-order valence-electron chi connectivity index (χ1n) is 6.73. The Kier molecular flexibility index (Phi) is 3.25. The Bertz CT molecular complexity index is 862. The predicted molar refractivity (Wildman–Crippen MR) is 78.7 cm³/mol. The summed E-state index contributed by atoms with van der Waals surface area (Å²) in [6, 6.07) is 9.05. The summed E-state index contributed by atoms with van der Waals surface area (Å²) in [5, 5.41) is 0. The topological polar surface area (TPSA) is 56.7 Å². The highest BCUT2D eigenvalue weighted by molar-refractivity contribution is 5.39. The first kappa shape index (κ1) is 13.4. The number of ether oxygens (including phenoxy) is 1. The van der Waals surface area contributed by atoms with E-state index in [2.05, 4.69) is 4.98 Å². The predicted octanol–water partition coefficient (Wildman–Crippen LogP) is 2.79. The van der Waals surface area contributed by atoms with Crippen LogP contribution in [0, 0.1) is 20.8 Å². The molecule has 0 aliphatic carbocycles. The molecule has 0 aliphatic rings. The molecule has 0 bridgehead atoms. The minimum absolute atomic E-state index is 0.243. The average molecular weight is 284 g/mol. The van der Waals surface area contributed by atoms with Crippen LogP contribution in [0.4, 0.5) is 0 Å². The van der Waals surface area contributed by atoms with E-state index in [4.69, 9.17) is 9.26 Å². The van der Waals surface area contributed by atoms with Gasteiger partial charge in [-0.25, -0.2) is 4.98 Å². The second-order valence-corrected chi connectivity index (χ2v) is 5.07. The quantitative estimate of drug-likeness (QED) is 0.742. The van der Waals surface area contributed by atoms with Crippen molar-refractivity contribution in [2.24, 2.45) is 0 Å². The molecule has 0 saturated carbocycles. The van der Waals surface area contributed by atoms with Crippen LogP contribution >= 0.6 is 0 Å². The van der Waals surface area contributed by atoms with Gasteiger partial charge in [0.1, 0.15) is 18.1 Å². The Hall–Kier alpha value is -2.56. The van der Waals surface area contributed by atoms with E-state index < -0.39 is 0 Å². The van der Waals surface area contributed by atoms with Crippen molar-refractivity contribution < 1.29 is 9.26 Å². The highest BCUT2D eigenvalue weighted by Gasteiger charge is 2.08. The lowest BCUT2D eigenvalue weighted by atomic mass is 10.1. The van der Waals surface area contributed by atoms with E-state index in [-0.39, 0.29) is 12.2 Å². The van der Waals surface area contributed by atoms with Crippen LogP contribution in [0.3, 0.4) is 0 Å². The standard InChI is InChI=1S/C16H16N2O3/c1-10-5-4-6-14(12(10)3)20-9-13-8-16(19)18-15(17-13)7-11(2)21-18/h4-8H,9H2,1-3H3. The summed E-state index contributed by atoms with van der Waals surface area (Å²) in [7, 11) is 0. The van der Waals surface area contributed by atoms with Gasteiger partial charge in [-0.2, -0.15) is 0 Å². The van der Waals surface area contributed by atoms with Crippen LogP contribution in [0.25, 0.3) is 5.65 Å². The van der Waals surface area contributed by atoms with Crippen molar-refractivity contribution in [1.82, 2.24) is 9.56 Å². The van der Waals surface area contributed by atoms with Crippen molar-refractivity contribution in [3.05, 3.63) is 63.3 Å². The van der Waals surface area contributed by atoms with Gasteiger partial charge in [-0.15, -0.1) is 4.57 Å². The van der Waals surface area contributed by atoms with E-state index in [0.717, 1.165) is 11.3 Å². The number of nitrogens with zero attached hydrogens (tertiary/aromatic N) is 2. The molecule has 0 aliphatic heterocycles. The average Bonchev–Trinajstić information content (AvgIpc) is 2.81. The summed E-state index contributed by atoms with van der Waals surface area (Å²) in [6.45, 7) is 6.07. The SMILES string of the molecule is Cc1cc2nc(COc3cccc(C)c3C)cc(=O)n2o1. The zero-order chi connectivity index (χ0) is 15.0. The van der Waals surface area contributed by atoms with Gasteiger partial charge in [0.2, 0.25) is 0 Å². The molecule has 0 spiro atoms. The fourth-order valence-corrected chi connectivity index (χ4v) is 2.18. The van der Waals surface area contributed by atoms with Crippen LogP contribution in [0.5, 0.6) is 5.75 Å². The molecule has 0 radical (unpaired) electrons. The maximum atomic E-state index is 11.9. The van der Waals surface area contributed by atoms with Crippen molar-refractivity contribution in [1.29, 1.82) is 0 Å². The third-order valence-electron chi connectivity index (χ3n) is 3.45. The Morgan fingerprint density at radius 3 is 2.86 bits per heavy atom. The maximum Gasteiger partial charge on any atom is 0.287 e. The molecule has 21 heavy (non-hydrogen) atoms. The zero-order valence-electron chi connectivity index (χ0n) is 12.2. The Labute approximate surface area is 121 Å². The summed E-state index contributed by atoms with van der Waals surface area (Å²) in [5.41, 5.74) is 3.10. The molecule has 0 saturated heterocycles. The Morgan fingerprint density at radius 2 is 2.05 bits per heavy atom. The molecule has 5 nitrogen and oxygen atoms in total. The molecule has 0 unspecified atom stereocenters. The maximum absolute atomic E-state index is 11.9. The molecule has 3 aromatic rings. The third kappa shape index (κ3) is 2.54. The van der Waals surface area contributed by atoms with Gasteiger partial charge in [0.15, 0.2) is 5.65 Å². The number of rotatable bonds is 3. The van der Waals surface area contributed by atoms with Crippen LogP contribution in [0.15, 0.2) is 39.6 Å². The number of hydrogen-bond donors (Lipinski definition) is 0. The van der Waals surface area contributed by atoms with Gasteiger partial charge in [-0.1, -0.05) is 12.1 Å². The van der Waals surface area contributed by atoms with Gasteiger partial charge in [0.25, 0.3) is 5.56 Å². The first-order chi connectivity index (χ1) is 10.0. The molecule has 2 aromatic heterocycles. The first-order valence-corrected chi connectivity index (χ1v) is 6.73. The summed E-state index contributed by atoms with van der Waals surface area (Å²) in [5.74, 6) is 1.45. The number of hydrogen-bond acceptors (Lipinski definition) is 4. The number of aromatic nitrogens is 2. The molecule has 108 valence electrons. The lowest BCUT2D eigenvalue weighted by molar-refractivity contribution is 0.296. The van der Waals surface area contributed by atoms with Crippen LogP contribution in [-0.2, 0) is 6.61 Å². The molecular formula is C16H16N2O3. The van der Waals surface area contributed by atoms with Gasteiger partial charge in [0.05, 0.1) is 5.69 Å². The lowest BCUT2D eigenvalue weighted by Crippen LogP contribution is -2.14. The van der Waals surface area contributed by atoms with Crippen molar-refractivity contribution in [2.45, 2.75) is 27.4 Å². The van der Waals surface area contributed by atoms with Crippen molar-refractivity contribution >= 4 is 5.65 Å². The number of aryl methyl sites for hydroxylation is 2. The van der Waals surface area contributed by atoms with Gasteiger partial charge < -0.3 is 9.26 Å². The molecular weight excluding hydrogens is 268 g/mol. The van der Waals surface area contributed by atoms with Crippen LogP contribution in [-0.4, -0.2) is 9.56 Å². The van der Waals surface area contributed by atoms with E-state index in [1.165, 1.54) is 16.2 Å². The second-order valence-electron chi connectivity index (χ2n) is 5.07. The Balaban J connectivity index is 1.88. The van der Waals surface area contributed by atoms with E-state index in [1.54, 1.807) is 13.0 Å². The van der Waals surface area contributed by atoms with E-state index >= 15 is 0 Å². The van der Waals surface area contributed by atoms with Crippen LogP contribution < -0.4 is 10.3 Å². The minimum atomic E-state index is -0.243. The summed E-state index contributed by atoms with van der Waals surface area (Å²) in [4.78, 5) is 16.3. The monoisotopic (exact) mass is 284 g/mol. The zero-order valence-corrected chi connectivity index (χ0v) is 12.2. The molecule has 5 heteroatoms. The van der Waals surface area contributed by atoms with Crippen LogP contribution in [0.2, 0.25) is 0 Å². The highest BCUT2D eigenvalue weighted by atomic mass is 16.5. The third-order valence-corrected chi connectivity index (χ3v) is 3.45. The van der Waals surface area contributed by atoms with Gasteiger partial charge in [-0.05, 0) is 38.0 Å². The van der Waals surface area contributed by atoms with E-state index in [0.29, 0.717) is 17.1 Å². The number of fused-ring (bicyclic) bond motifs is 1. The normalized spacial score (nSPS) is 11.0. The molecule has 3 rings (SSSR count). The number of benzene rings is 1. The lowest BCUT2D eigenvalue weighted by Gasteiger charge is -2.10. The fraction of sp³-hybridized carbons (Fsp3) is 0.250. The van der Waals surface area contributed by atoms with E-state index in [9.17, 15) is 4.79 Å². The van der Waals surface area contributed by atoms with Crippen molar-refractivity contribution in [2.75, 3.05) is 0 Å². The molecule has 2 heterocycles. The van der Waals surface area contributed by atoms with Crippen LogP contribution in [0.1, 0.15) is 22.6 Å². The molecule has 0 N–H and O–H groups in total. The smallest absolute Gasteiger partial charge is 0.287 e. The van der Waals surface area contributed by atoms with Gasteiger partial charge >= 0.3 is 0 Å². The molecule has 0 fully saturated rings. The van der Waals surface area contributed by atoms with Crippen molar-refractivity contribution in [3.8, 4) is 5.75 Å². The van der Waals surface area contributed by atoms with Crippen molar-refractivity contribution in [3.63, 3.8) is 0 Å². The fourth-order valence-electron chi connectivity index (χ4n) is 2.18. The second kappa shape index (κ2) is 5.09. The van der Waals surface area contributed by atoms with Gasteiger partial charge in [-0.3, -0.25) is 4.79 Å². The van der Waals surface area contributed by atoms with Gasteiger partial charge in [0, 0.05) is 12.1 Å².